The largest absolute Gasteiger partial charge is 0.444 e. The maximum Gasteiger partial charge on any atom is 0.413 e. The Labute approximate surface area is 257 Å². The first-order valence-corrected chi connectivity index (χ1v) is 15.1. The topological polar surface area (TPSA) is 89.8 Å². The third-order valence-corrected chi connectivity index (χ3v) is 8.27. The smallest absolute Gasteiger partial charge is 0.413 e. The predicted octanol–water partition coefficient (Wildman–Crippen LogP) is 6.52. The molecule has 0 spiro atoms. The molecule has 2 atom stereocenters. The SMILES string of the molecule is Cc1cc(F)ccc1-c1ccc(C(=O)N2CCC(Cn3cc([C@@H]4[C@@H](C)OC(C)(C)N4C(=O)OC(C)(C)C)nn3)CC2)cc1F. The normalized spacial score (nSPS) is 20.7. The number of likely N-dealkylation sites (tertiary alicyclic amines) is 1. The number of piperidine rings is 1. The quantitative estimate of drug-likeness (QED) is 0.327. The van der Waals surface area contributed by atoms with Gasteiger partial charge in [0.2, 0.25) is 0 Å². The first-order chi connectivity index (χ1) is 20.6. The van der Waals surface area contributed by atoms with E-state index in [0.29, 0.717) is 42.0 Å². The molecule has 1 aromatic heterocycles. The number of benzene rings is 2. The van der Waals surface area contributed by atoms with Crippen molar-refractivity contribution in [2.45, 2.75) is 91.3 Å². The Kier molecular flexibility index (Phi) is 8.54. The Balaban J connectivity index is 1.20. The van der Waals surface area contributed by atoms with Crippen molar-refractivity contribution in [3.63, 3.8) is 0 Å². The second-order valence-corrected chi connectivity index (χ2v) is 13.3. The van der Waals surface area contributed by atoms with Crippen LogP contribution in [0.4, 0.5) is 13.6 Å². The van der Waals surface area contributed by atoms with Gasteiger partial charge in [0.25, 0.3) is 5.91 Å². The first kappa shape index (κ1) is 31.6. The van der Waals surface area contributed by atoms with Gasteiger partial charge in [-0.05, 0) is 103 Å². The highest BCUT2D eigenvalue weighted by Crippen LogP contribution is 2.41. The summed E-state index contributed by atoms with van der Waals surface area (Å²) in [6.07, 6.45) is 2.60. The zero-order valence-electron chi connectivity index (χ0n) is 26.4. The number of aromatic nitrogens is 3. The summed E-state index contributed by atoms with van der Waals surface area (Å²) in [5.41, 5.74) is 0.938. The first-order valence-electron chi connectivity index (χ1n) is 15.1. The van der Waals surface area contributed by atoms with Gasteiger partial charge >= 0.3 is 6.09 Å². The van der Waals surface area contributed by atoms with Crippen LogP contribution in [0.5, 0.6) is 0 Å². The summed E-state index contributed by atoms with van der Waals surface area (Å²) in [5, 5.41) is 8.75. The molecule has 3 aromatic rings. The maximum atomic E-state index is 15.1. The molecule has 9 nitrogen and oxygen atoms in total. The molecule has 2 aliphatic heterocycles. The molecule has 0 unspecified atom stereocenters. The lowest BCUT2D eigenvalue weighted by Crippen LogP contribution is -2.47. The number of hydrogen-bond acceptors (Lipinski definition) is 6. The van der Waals surface area contributed by atoms with Crippen molar-refractivity contribution in [3.05, 3.63) is 71.1 Å². The van der Waals surface area contributed by atoms with E-state index in [1.165, 1.54) is 18.2 Å². The van der Waals surface area contributed by atoms with Crippen LogP contribution >= 0.6 is 0 Å². The molecule has 44 heavy (non-hydrogen) atoms. The highest BCUT2D eigenvalue weighted by molar-refractivity contribution is 5.95. The van der Waals surface area contributed by atoms with Crippen molar-refractivity contribution in [2.24, 2.45) is 5.92 Å². The highest BCUT2D eigenvalue weighted by Gasteiger charge is 2.51. The van der Waals surface area contributed by atoms with E-state index in [1.54, 1.807) is 39.6 Å². The summed E-state index contributed by atoms with van der Waals surface area (Å²) in [4.78, 5) is 29.7. The summed E-state index contributed by atoms with van der Waals surface area (Å²) in [6, 6.07) is 8.23. The summed E-state index contributed by atoms with van der Waals surface area (Å²) in [5.74, 6) is -0.839. The van der Waals surface area contributed by atoms with E-state index >= 15 is 4.39 Å². The van der Waals surface area contributed by atoms with Gasteiger partial charge in [0.15, 0.2) is 0 Å². The van der Waals surface area contributed by atoms with Crippen LogP contribution in [0.1, 0.15) is 82.0 Å². The number of halogens is 2. The molecule has 2 fully saturated rings. The monoisotopic (exact) mass is 609 g/mol. The molecule has 0 radical (unpaired) electrons. The van der Waals surface area contributed by atoms with Gasteiger partial charge in [0.1, 0.15) is 34.7 Å². The standard InChI is InChI=1S/C33H41F2N5O4/c1-20-16-24(34)9-11-25(20)26-10-8-23(17-27(26)35)30(41)38-14-12-22(13-15-38)18-39-19-28(36-37-39)29-21(2)43-33(6,7)40(29)31(42)44-32(3,4)5/h8-11,16-17,19,21-22,29H,12-15,18H2,1-7H3/t21-,29+/m1/s1. The third kappa shape index (κ3) is 6.62. The molecular formula is C33H41F2N5O4. The lowest BCUT2D eigenvalue weighted by Gasteiger charge is -2.34. The molecule has 3 heterocycles. The van der Waals surface area contributed by atoms with E-state index < -0.39 is 29.3 Å². The molecule has 0 N–H and O–H groups in total. The number of amides is 2. The van der Waals surface area contributed by atoms with Crippen molar-refractivity contribution < 1.29 is 27.8 Å². The van der Waals surface area contributed by atoms with E-state index in [0.717, 1.165) is 12.8 Å². The Morgan fingerprint density at radius 2 is 1.75 bits per heavy atom. The molecule has 5 rings (SSSR count). The maximum absolute atomic E-state index is 15.1. The molecule has 236 valence electrons. The van der Waals surface area contributed by atoms with Crippen molar-refractivity contribution in [1.82, 2.24) is 24.8 Å². The predicted molar refractivity (Wildman–Crippen MR) is 161 cm³/mol. The number of nitrogens with zero attached hydrogens (tertiary/aromatic N) is 5. The lowest BCUT2D eigenvalue weighted by molar-refractivity contribution is -0.0757. The molecular weight excluding hydrogens is 568 g/mol. The van der Waals surface area contributed by atoms with Crippen molar-refractivity contribution in [3.8, 4) is 11.1 Å². The van der Waals surface area contributed by atoms with E-state index in [2.05, 4.69) is 10.3 Å². The number of rotatable bonds is 5. The van der Waals surface area contributed by atoms with Crippen LogP contribution in [0.25, 0.3) is 11.1 Å². The van der Waals surface area contributed by atoms with Gasteiger partial charge in [-0.25, -0.2) is 13.6 Å². The lowest BCUT2D eigenvalue weighted by atomic mass is 9.95. The molecule has 11 heteroatoms. The van der Waals surface area contributed by atoms with Crippen LogP contribution in [-0.4, -0.2) is 67.3 Å². The Morgan fingerprint density at radius 1 is 1.07 bits per heavy atom. The second kappa shape index (κ2) is 11.9. The number of aryl methyl sites for hydroxylation is 1. The van der Waals surface area contributed by atoms with Gasteiger partial charge in [0.05, 0.1) is 12.3 Å². The van der Waals surface area contributed by atoms with Gasteiger partial charge in [-0.15, -0.1) is 5.10 Å². The Hall–Kier alpha value is -3.86. The highest BCUT2D eigenvalue weighted by atomic mass is 19.1. The molecule has 2 amide bonds. The van der Waals surface area contributed by atoms with Gasteiger partial charge in [-0.3, -0.25) is 14.4 Å². The molecule has 2 aliphatic rings. The zero-order chi connectivity index (χ0) is 32.0. The Morgan fingerprint density at radius 3 is 2.39 bits per heavy atom. The third-order valence-electron chi connectivity index (χ3n) is 8.27. The molecule has 2 aromatic carbocycles. The second-order valence-electron chi connectivity index (χ2n) is 13.3. The molecule has 0 aliphatic carbocycles. The van der Waals surface area contributed by atoms with Crippen LogP contribution < -0.4 is 0 Å². The van der Waals surface area contributed by atoms with E-state index in [1.807, 2.05) is 47.7 Å². The number of ether oxygens (including phenoxy) is 2. The van der Waals surface area contributed by atoms with Gasteiger partial charge < -0.3 is 14.4 Å². The van der Waals surface area contributed by atoms with Crippen LogP contribution in [0.2, 0.25) is 0 Å². The fraction of sp³-hybridized carbons (Fsp3) is 0.515. The summed E-state index contributed by atoms with van der Waals surface area (Å²) >= 11 is 0. The van der Waals surface area contributed by atoms with Crippen molar-refractivity contribution in [2.75, 3.05) is 13.1 Å². The molecule has 0 bridgehead atoms. The molecule has 0 saturated carbocycles. The summed E-state index contributed by atoms with van der Waals surface area (Å²) < 4.78 is 42.1. The van der Waals surface area contributed by atoms with Gasteiger partial charge in [0, 0.05) is 30.8 Å². The average molecular weight is 610 g/mol. The fourth-order valence-corrected chi connectivity index (χ4v) is 6.24. The van der Waals surface area contributed by atoms with Gasteiger partial charge in [-0.1, -0.05) is 17.3 Å². The van der Waals surface area contributed by atoms with Crippen LogP contribution in [0, 0.1) is 24.5 Å². The van der Waals surface area contributed by atoms with E-state index in [-0.39, 0.29) is 29.3 Å². The number of carbonyl (C=O) groups is 2. The number of carbonyl (C=O) groups excluding carboxylic acids is 2. The average Bonchev–Trinajstić information content (AvgIpc) is 3.48. The van der Waals surface area contributed by atoms with Crippen LogP contribution in [-0.2, 0) is 16.0 Å². The fourth-order valence-electron chi connectivity index (χ4n) is 6.24. The van der Waals surface area contributed by atoms with Gasteiger partial charge in [-0.2, -0.15) is 0 Å². The summed E-state index contributed by atoms with van der Waals surface area (Å²) in [6.45, 7) is 14.5. The minimum Gasteiger partial charge on any atom is -0.444 e. The minimum absolute atomic E-state index is 0.215. The minimum atomic E-state index is -0.876. The van der Waals surface area contributed by atoms with Crippen molar-refractivity contribution in [1.29, 1.82) is 0 Å². The zero-order valence-corrected chi connectivity index (χ0v) is 26.4. The number of hydrogen-bond donors (Lipinski definition) is 0. The van der Waals surface area contributed by atoms with E-state index in [9.17, 15) is 14.0 Å². The van der Waals surface area contributed by atoms with E-state index in [4.69, 9.17) is 9.47 Å². The van der Waals surface area contributed by atoms with Crippen molar-refractivity contribution >= 4 is 12.0 Å². The van der Waals surface area contributed by atoms with Crippen LogP contribution in [0.3, 0.4) is 0 Å². The Bertz CT molecular complexity index is 1540. The summed E-state index contributed by atoms with van der Waals surface area (Å²) in [7, 11) is 0. The van der Waals surface area contributed by atoms with Crippen LogP contribution in [0.15, 0.2) is 42.6 Å². The molecule has 2 saturated heterocycles.